The molecule has 6 nitrogen and oxygen atoms in total. The summed E-state index contributed by atoms with van der Waals surface area (Å²) in [6, 6.07) is 7.65. The lowest BCUT2D eigenvalue weighted by Gasteiger charge is -2.28. The molecule has 1 atom stereocenters. The second-order valence-electron chi connectivity index (χ2n) is 5.97. The van der Waals surface area contributed by atoms with Gasteiger partial charge >= 0.3 is 0 Å². The summed E-state index contributed by atoms with van der Waals surface area (Å²) in [5.41, 5.74) is 3.08. The van der Waals surface area contributed by atoms with E-state index in [4.69, 9.17) is 16.3 Å². The summed E-state index contributed by atoms with van der Waals surface area (Å²) in [4.78, 5) is 2.23. The van der Waals surface area contributed by atoms with Crippen LogP contribution < -0.4 is 5.32 Å². The van der Waals surface area contributed by atoms with Crippen molar-refractivity contribution in [3.05, 3.63) is 41.0 Å². The Bertz CT molecular complexity index is 626. The van der Waals surface area contributed by atoms with Crippen molar-refractivity contribution in [1.82, 2.24) is 20.4 Å². The average Bonchev–Trinajstić information content (AvgIpc) is 3.05. The maximum atomic E-state index is 10.2. The number of aliphatic hydroxyl groups is 1. The van der Waals surface area contributed by atoms with E-state index < -0.39 is 6.10 Å². The standard InChI is InChI=1S/C17H23ClN4O2/c18-15-3-1-13(2-4-15)17-14(10-20-21-17)9-19-11-16(23)12-22-5-7-24-8-6-22/h1-4,10,16,19,23H,5-9,11-12H2,(H,20,21). The molecule has 0 bridgehead atoms. The molecule has 0 amide bonds. The highest BCUT2D eigenvalue weighted by atomic mass is 35.5. The highest BCUT2D eigenvalue weighted by molar-refractivity contribution is 6.30. The number of halogens is 1. The van der Waals surface area contributed by atoms with Gasteiger partial charge in [0.1, 0.15) is 0 Å². The topological polar surface area (TPSA) is 73.4 Å². The number of hydrogen-bond acceptors (Lipinski definition) is 5. The lowest BCUT2D eigenvalue weighted by atomic mass is 10.1. The molecule has 1 aromatic heterocycles. The van der Waals surface area contributed by atoms with Gasteiger partial charge in [0.2, 0.25) is 0 Å². The molecular weight excluding hydrogens is 328 g/mol. The molecule has 130 valence electrons. The number of hydrogen-bond donors (Lipinski definition) is 3. The Kier molecular flexibility index (Phi) is 6.23. The SMILES string of the molecule is OC(CNCc1cn[nH]c1-c1ccc(Cl)cc1)CN1CCOCC1. The zero-order chi connectivity index (χ0) is 16.8. The zero-order valence-electron chi connectivity index (χ0n) is 13.5. The molecular formula is C17H23ClN4O2. The molecule has 1 aliphatic heterocycles. The van der Waals surface area contributed by atoms with Crippen LogP contribution in [0.15, 0.2) is 30.5 Å². The lowest BCUT2D eigenvalue weighted by molar-refractivity contribution is 0.0149. The number of β-amino-alcohol motifs (C(OH)–C–C–N with tert-alkyl or cyclic N) is 1. The Balaban J connectivity index is 1.48. The summed E-state index contributed by atoms with van der Waals surface area (Å²) in [6.07, 6.45) is 1.42. The van der Waals surface area contributed by atoms with Crippen LogP contribution in [0, 0.1) is 0 Å². The quantitative estimate of drug-likeness (QED) is 0.706. The Morgan fingerprint density at radius 1 is 1.29 bits per heavy atom. The van der Waals surface area contributed by atoms with Crippen molar-refractivity contribution in [1.29, 1.82) is 0 Å². The van der Waals surface area contributed by atoms with Gasteiger partial charge in [-0.3, -0.25) is 10.00 Å². The lowest BCUT2D eigenvalue weighted by Crippen LogP contribution is -2.43. The molecule has 2 aromatic rings. The van der Waals surface area contributed by atoms with Crippen LogP contribution in [-0.2, 0) is 11.3 Å². The molecule has 3 N–H and O–H groups in total. The number of aliphatic hydroxyl groups excluding tert-OH is 1. The number of ether oxygens (including phenoxy) is 1. The van der Waals surface area contributed by atoms with Crippen LogP contribution in [0.1, 0.15) is 5.56 Å². The molecule has 0 saturated carbocycles. The van der Waals surface area contributed by atoms with Crippen molar-refractivity contribution in [3.8, 4) is 11.3 Å². The fourth-order valence-electron chi connectivity index (χ4n) is 2.83. The van der Waals surface area contributed by atoms with E-state index in [-0.39, 0.29) is 0 Å². The van der Waals surface area contributed by atoms with E-state index in [1.54, 1.807) is 0 Å². The van der Waals surface area contributed by atoms with Crippen LogP contribution >= 0.6 is 11.6 Å². The predicted octanol–water partition coefficient (Wildman–Crippen LogP) is 1.51. The number of H-pyrrole nitrogens is 1. The molecule has 7 heteroatoms. The normalized spacial score (nSPS) is 17.1. The summed E-state index contributed by atoms with van der Waals surface area (Å²) in [7, 11) is 0. The van der Waals surface area contributed by atoms with Crippen LogP contribution in [-0.4, -0.2) is 65.7 Å². The van der Waals surface area contributed by atoms with Crippen molar-refractivity contribution in [2.45, 2.75) is 12.6 Å². The first-order valence-corrected chi connectivity index (χ1v) is 8.57. The van der Waals surface area contributed by atoms with Crippen molar-refractivity contribution in [2.24, 2.45) is 0 Å². The molecule has 1 saturated heterocycles. The fraction of sp³-hybridized carbons (Fsp3) is 0.471. The number of nitrogens with zero attached hydrogens (tertiary/aromatic N) is 2. The molecule has 0 aliphatic carbocycles. The van der Waals surface area contributed by atoms with Gasteiger partial charge in [-0.15, -0.1) is 0 Å². The smallest absolute Gasteiger partial charge is 0.0791 e. The van der Waals surface area contributed by atoms with Gasteiger partial charge in [-0.25, -0.2) is 0 Å². The maximum absolute atomic E-state index is 10.2. The molecule has 0 radical (unpaired) electrons. The number of nitrogens with one attached hydrogen (secondary N) is 2. The van der Waals surface area contributed by atoms with E-state index in [0.717, 1.165) is 43.1 Å². The zero-order valence-corrected chi connectivity index (χ0v) is 14.3. The number of benzene rings is 1. The Labute approximate surface area is 146 Å². The second kappa shape index (κ2) is 8.60. The summed E-state index contributed by atoms with van der Waals surface area (Å²) in [5, 5.41) is 21.3. The minimum atomic E-state index is -0.394. The van der Waals surface area contributed by atoms with Gasteiger partial charge < -0.3 is 15.2 Å². The Hall–Kier alpha value is -1.44. The van der Waals surface area contributed by atoms with E-state index in [9.17, 15) is 5.11 Å². The molecule has 1 fully saturated rings. The van der Waals surface area contributed by atoms with Crippen LogP contribution in [0.3, 0.4) is 0 Å². The molecule has 24 heavy (non-hydrogen) atoms. The molecule has 1 unspecified atom stereocenters. The summed E-state index contributed by atoms with van der Waals surface area (Å²) >= 11 is 5.93. The van der Waals surface area contributed by atoms with Crippen molar-refractivity contribution >= 4 is 11.6 Å². The van der Waals surface area contributed by atoms with Crippen molar-refractivity contribution in [2.75, 3.05) is 39.4 Å². The van der Waals surface area contributed by atoms with E-state index in [2.05, 4.69) is 20.4 Å². The van der Waals surface area contributed by atoms with Gasteiger partial charge in [0.15, 0.2) is 0 Å². The van der Waals surface area contributed by atoms with Crippen LogP contribution in [0.5, 0.6) is 0 Å². The molecule has 1 aromatic carbocycles. The summed E-state index contributed by atoms with van der Waals surface area (Å²) in [6.45, 7) is 5.14. The Morgan fingerprint density at radius 2 is 2.04 bits per heavy atom. The van der Waals surface area contributed by atoms with Crippen molar-refractivity contribution in [3.63, 3.8) is 0 Å². The van der Waals surface area contributed by atoms with Gasteiger partial charge in [-0.2, -0.15) is 5.10 Å². The predicted molar refractivity (Wildman–Crippen MR) is 94.0 cm³/mol. The number of rotatable bonds is 7. The highest BCUT2D eigenvalue weighted by Crippen LogP contribution is 2.22. The monoisotopic (exact) mass is 350 g/mol. The molecule has 0 spiro atoms. The second-order valence-corrected chi connectivity index (χ2v) is 6.41. The molecule has 2 heterocycles. The number of aromatic nitrogens is 2. The van der Waals surface area contributed by atoms with Crippen LogP contribution in [0.4, 0.5) is 0 Å². The third kappa shape index (κ3) is 4.78. The third-order valence-electron chi connectivity index (χ3n) is 4.12. The van der Waals surface area contributed by atoms with Gasteiger partial charge in [0.25, 0.3) is 0 Å². The van der Waals surface area contributed by atoms with E-state index in [0.29, 0.717) is 24.7 Å². The van der Waals surface area contributed by atoms with Gasteiger partial charge in [0, 0.05) is 43.3 Å². The molecule has 1 aliphatic rings. The highest BCUT2D eigenvalue weighted by Gasteiger charge is 2.15. The number of aromatic amines is 1. The van der Waals surface area contributed by atoms with Crippen LogP contribution in [0.25, 0.3) is 11.3 Å². The van der Waals surface area contributed by atoms with E-state index in [1.165, 1.54) is 0 Å². The first-order valence-electron chi connectivity index (χ1n) is 8.19. The minimum absolute atomic E-state index is 0.394. The maximum Gasteiger partial charge on any atom is 0.0791 e. The van der Waals surface area contributed by atoms with Crippen LogP contribution in [0.2, 0.25) is 5.02 Å². The average molecular weight is 351 g/mol. The summed E-state index contributed by atoms with van der Waals surface area (Å²) in [5.74, 6) is 0. The fourth-order valence-corrected chi connectivity index (χ4v) is 2.96. The van der Waals surface area contributed by atoms with Gasteiger partial charge in [0.05, 0.1) is 31.2 Å². The Morgan fingerprint density at radius 3 is 2.79 bits per heavy atom. The minimum Gasteiger partial charge on any atom is -0.390 e. The first-order chi connectivity index (χ1) is 11.7. The van der Waals surface area contributed by atoms with Gasteiger partial charge in [-0.05, 0) is 17.7 Å². The molecule has 3 rings (SSSR count). The summed E-state index contributed by atoms with van der Waals surface area (Å²) < 4.78 is 5.32. The van der Waals surface area contributed by atoms with Gasteiger partial charge in [-0.1, -0.05) is 23.7 Å². The van der Waals surface area contributed by atoms with E-state index >= 15 is 0 Å². The van der Waals surface area contributed by atoms with E-state index in [1.807, 2.05) is 30.5 Å². The first kappa shape index (κ1) is 17.4. The number of morpholine rings is 1. The largest absolute Gasteiger partial charge is 0.390 e. The third-order valence-corrected chi connectivity index (χ3v) is 4.37. The van der Waals surface area contributed by atoms with Crippen molar-refractivity contribution < 1.29 is 9.84 Å².